The number of benzene rings is 1. The van der Waals surface area contributed by atoms with Gasteiger partial charge >= 0.3 is 0 Å². The number of fused-ring (bicyclic) bond motifs is 1. The summed E-state index contributed by atoms with van der Waals surface area (Å²) in [5.74, 6) is 0.423. The summed E-state index contributed by atoms with van der Waals surface area (Å²) in [6.45, 7) is 6.22. The topological polar surface area (TPSA) is 119 Å². The van der Waals surface area contributed by atoms with Gasteiger partial charge in [0.05, 0.1) is 36.6 Å². The fraction of sp³-hybridized carbons (Fsp3) is 0.458. The first-order chi connectivity index (χ1) is 15.0. The van der Waals surface area contributed by atoms with Crippen LogP contribution in [0.2, 0.25) is 0 Å². The molecule has 1 aliphatic heterocycles. The van der Waals surface area contributed by atoms with Crippen molar-refractivity contribution in [2.24, 2.45) is 17.1 Å². The van der Waals surface area contributed by atoms with Crippen LogP contribution in [-0.4, -0.2) is 38.3 Å². The first kappa shape index (κ1) is 22.2. The minimum absolute atomic E-state index is 0.0290. The molecule has 2 aliphatic rings. The van der Waals surface area contributed by atoms with E-state index in [4.69, 9.17) is 15.2 Å². The Kier molecular flexibility index (Phi) is 6.54. The summed E-state index contributed by atoms with van der Waals surface area (Å²) >= 11 is 0. The maximum atomic E-state index is 10.2. The summed E-state index contributed by atoms with van der Waals surface area (Å²) in [5.41, 5.74) is 6.56. The number of nitrogens with two attached hydrogens (primary N) is 1. The molecule has 0 amide bonds. The zero-order valence-electron chi connectivity index (χ0n) is 18.2. The van der Waals surface area contributed by atoms with Gasteiger partial charge in [0.1, 0.15) is 6.07 Å². The Labute approximate surface area is 183 Å². The molecule has 1 aromatic rings. The number of hydrogen-bond acceptors (Lipinski definition) is 7. The van der Waals surface area contributed by atoms with E-state index in [0.29, 0.717) is 37.8 Å². The normalized spacial score (nSPS) is 22.4. The number of likely N-dealkylation sites (N-methyl/N-ethyl adjacent to an activating group) is 1. The third-order valence-corrected chi connectivity index (χ3v) is 5.94. The number of ether oxygens (including phenoxy) is 2. The summed E-state index contributed by atoms with van der Waals surface area (Å²) < 4.78 is 11.6. The van der Waals surface area contributed by atoms with Crippen LogP contribution in [0.5, 0.6) is 11.5 Å². The van der Waals surface area contributed by atoms with Crippen molar-refractivity contribution in [2.75, 3.05) is 33.4 Å². The molecule has 7 nitrogen and oxygen atoms in total. The molecule has 0 aromatic heterocycles. The second kappa shape index (κ2) is 9.13. The van der Waals surface area contributed by atoms with E-state index in [1.54, 1.807) is 0 Å². The predicted octanol–water partition coefficient (Wildman–Crippen LogP) is 3.23. The Bertz CT molecular complexity index is 1020. The second-order valence-corrected chi connectivity index (χ2v) is 7.88. The lowest BCUT2D eigenvalue weighted by Gasteiger charge is -2.45. The Hall–Kier alpha value is -3.47. The standard InChI is InChI=1S/C24H27N5O2/c1-4-10-31-20-7-6-16(11-21(20)30-5-2)22-19-13-29(3)9-8-17(19)18(12-25)23(28)24(22,14-26)15-27/h6-8,11,19,22H,4-5,9-10,13,28H2,1-3H3/t19-,22+/m0/s1. The first-order valence-electron chi connectivity index (χ1n) is 10.5. The van der Waals surface area contributed by atoms with Gasteiger partial charge in [-0.15, -0.1) is 0 Å². The molecule has 1 heterocycles. The molecule has 1 aliphatic carbocycles. The Balaban J connectivity index is 2.23. The molecule has 0 fully saturated rings. The van der Waals surface area contributed by atoms with Gasteiger partial charge in [-0.2, -0.15) is 15.8 Å². The molecular weight excluding hydrogens is 390 g/mol. The quantitative estimate of drug-likeness (QED) is 0.754. The van der Waals surface area contributed by atoms with Gasteiger partial charge in [-0.05, 0) is 43.7 Å². The average Bonchev–Trinajstić information content (AvgIpc) is 2.78. The molecule has 0 unspecified atom stereocenters. The second-order valence-electron chi connectivity index (χ2n) is 7.88. The smallest absolute Gasteiger partial charge is 0.191 e. The van der Waals surface area contributed by atoms with Gasteiger partial charge in [-0.3, -0.25) is 0 Å². The van der Waals surface area contributed by atoms with Crippen molar-refractivity contribution >= 4 is 0 Å². The third kappa shape index (κ3) is 3.72. The molecule has 0 saturated heterocycles. The van der Waals surface area contributed by atoms with Crippen LogP contribution < -0.4 is 15.2 Å². The lowest BCUT2D eigenvalue weighted by Crippen LogP contribution is -2.47. The molecule has 1 aromatic carbocycles. The Morgan fingerprint density at radius 3 is 2.52 bits per heavy atom. The number of nitrogens with zero attached hydrogens (tertiary/aromatic N) is 4. The van der Waals surface area contributed by atoms with E-state index in [2.05, 4.69) is 23.1 Å². The van der Waals surface area contributed by atoms with Crippen molar-refractivity contribution in [3.05, 3.63) is 46.7 Å². The van der Waals surface area contributed by atoms with Crippen molar-refractivity contribution < 1.29 is 9.47 Å². The van der Waals surface area contributed by atoms with Gasteiger partial charge in [0.2, 0.25) is 0 Å². The number of hydrogen-bond donors (Lipinski definition) is 1. The van der Waals surface area contributed by atoms with Crippen molar-refractivity contribution in [1.29, 1.82) is 15.8 Å². The van der Waals surface area contributed by atoms with E-state index < -0.39 is 11.3 Å². The monoisotopic (exact) mass is 417 g/mol. The van der Waals surface area contributed by atoms with E-state index >= 15 is 0 Å². The summed E-state index contributed by atoms with van der Waals surface area (Å²) in [4.78, 5) is 2.11. The lowest BCUT2D eigenvalue weighted by molar-refractivity contribution is 0.236. The first-order valence-corrected chi connectivity index (χ1v) is 10.5. The summed E-state index contributed by atoms with van der Waals surface area (Å²) in [5, 5.41) is 30.1. The highest BCUT2D eigenvalue weighted by Crippen LogP contribution is 2.54. The third-order valence-electron chi connectivity index (χ3n) is 5.94. The molecule has 7 heteroatoms. The van der Waals surface area contributed by atoms with Crippen LogP contribution in [0.25, 0.3) is 0 Å². The molecule has 0 spiro atoms. The van der Waals surface area contributed by atoms with Crippen LogP contribution in [0.3, 0.4) is 0 Å². The molecule has 0 bridgehead atoms. The minimum Gasteiger partial charge on any atom is -0.490 e. The maximum Gasteiger partial charge on any atom is 0.191 e. The average molecular weight is 418 g/mol. The van der Waals surface area contributed by atoms with Crippen molar-refractivity contribution in [1.82, 2.24) is 4.90 Å². The zero-order chi connectivity index (χ0) is 22.6. The van der Waals surface area contributed by atoms with Crippen LogP contribution in [-0.2, 0) is 0 Å². The number of rotatable bonds is 6. The van der Waals surface area contributed by atoms with Gasteiger partial charge in [-0.1, -0.05) is 19.1 Å². The highest BCUT2D eigenvalue weighted by molar-refractivity contribution is 5.60. The zero-order valence-corrected chi connectivity index (χ0v) is 18.2. The molecule has 2 N–H and O–H groups in total. The SMILES string of the molecule is CCCOc1ccc([C@@H]2[C@H]3CN(C)CC=C3C(C#N)=C(N)C2(C#N)C#N)cc1OCC. The Morgan fingerprint density at radius 2 is 1.90 bits per heavy atom. The van der Waals surface area contributed by atoms with E-state index in [1.165, 1.54) is 0 Å². The van der Waals surface area contributed by atoms with Crippen molar-refractivity contribution in [3.63, 3.8) is 0 Å². The molecule has 160 valence electrons. The molecule has 31 heavy (non-hydrogen) atoms. The van der Waals surface area contributed by atoms with Gasteiger partial charge in [-0.25, -0.2) is 0 Å². The minimum atomic E-state index is -1.65. The lowest BCUT2D eigenvalue weighted by atomic mass is 9.58. The van der Waals surface area contributed by atoms with E-state index in [1.807, 2.05) is 45.2 Å². The van der Waals surface area contributed by atoms with E-state index in [-0.39, 0.29) is 17.2 Å². The summed E-state index contributed by atoms with van der Waals surface area (Å²) in [6.07, 6.45) is 2.84. The fourth-order valence-electron chi connectivity index (χ4n) is 4.52. The molecule has 0 radical (unpaired) electrons. The highest BCUT2D eigenvalue weighted by Gasteiger charge is 2.54. The van der Waals surface area contributed by atoms with E-state index in [9.17, 15) is 15.8 Å². The Morgan fingerprint density at radius 1 is 1.16 bits per heavy atom. The molecule has 3 rings (SSSR count). The van der Waals surface area contributed by atoms with Gasteiger partial charge in [0.25, 0.3) is 0 Å². The van der Waals surface area contributed by atoms with Crippen molar-refractivity contribution in [3.8, 4) is 29.7 Å². The number of allylic oxidation sites excluding steroid dienone is 2. The van der Waals surface area contributed by atoms with Crippen LogP contribution in [0.15, 0.2) is 41.1 Å². The fourth-order valence-corrected chi connectivity index (χ4v) is 4.52. The maximum absolute atomic E-state index is 10.2. The summed E-state index contributed by atoms with van der Waals surface area (Å²) in [7, 11) is 1.98. The molecule has 0 saturated carbocycles. The number of nitriles is 3. The van der Waals surface area contributed by atoms with Crippen molar-refractivity contribution in [2.45, 2.75) is 26.2 Å². The van der Waals surface area contributed by atoms with Crippen LogP contribution in [0, 0.1) is 45.3 Å². The van der Waals surface area contributed by atoms with Gasteiger partial charge in [0.15, 0.2) is 16.9 Å². The van der Waals surface area contributed by atoms with Crippen LogP contribution in [0.4, 0.5) is 0 Å². The molecule has 2 atom stereocenters. The molecular formula is C24H27N5O2. The summed E-state index contributed by atoms with van der Waals surface area (Å²) in [6, 6.07) is 12.0. The largest absolute Gasteiger partial charge is 0.490 e. The van der Waals surface area contributed by atoms with Gasteiger partial charge in [0, 0.05) is 24.9 Å². The van der Waals surface area contributed by atoms with Crippen LogP contribution in [0.1, 0.15) is 31.7 Å². The van der Waals surface area contributed by atoms with E-state index in [0.717, 1.165) is 17.6 Å². The van der Waals surface area contributed by atoms with Crippen LogP contribution >= 0.6 is 0 Å². The highest BCUT2D eigenvalue weighted by atomic mass is 16.5. The van der Waals surface area contributed by atoms with Gasteiger partial charge < -0.3 is 20.1 Å². The predicted molar refractivity (Wildman–Crippen MR) is 116 cm³/mol.